The van der Waals surface area contributed by atoms with Gasteiger partial charge in [0.25, 0.3) is 0 Å². The van der Waals surface area contributed by atoms with E-state index in [0.29, 0.717) is 119 Å². The number of ether oxygens (including phenoxy) is 8. The van der Waals surface area contributed by atoms with Crippen LogP contribution in [0.3, 0.4) is 0 Å². The van der Waals surface area contributed by atoms with Gasteiger partial charge in [-0.2, -0.15) is 0 Å². The third-order valence-electron chi connectivity index (χ3n) is 7.42. The van der Waals surface area contributed by atoms with Gasteiger partial charge in [0.2, 0.25) is 11.8 Å². The Labute approximate surface area is 302 Å². The number of carbonyl (C=O) groups excluding carboxylic acids is 3. The molecule has 2 rings (SSSR count). The van der Waals surface area contributed by atoms with E-state index in [9.17, 15) is 19.5 Å². The van der Waals surface area contributed by atoms with E-state index in [4.69, 9.17) is 37.9 Å². The van der Waals surface area contributed by atoms with Crippen LogP contribution in [0.4, 0.5) is 0 Å². The van der Waals surface area contributed by atoms with Crippen molar-refractivity contribution >= 4 is 17.6 Å². The fourth-order valence-electron chi connectivity index (χ4n) is 4.71. The molecular formula is C37H58N2O12. The van der Waals surface area contributed by atoms with Gasteiger partial charge in [-0.05, 0) is 12.5 Å². The number of Topliss-reactive ketones (excluding diaryl/α,β-unsaturated/α-hetero) is 1. The largest absolute Gasteiger partial charge is 0.379 e. The number of rotatable bonds is 31. The number of aliphatic hydroxyl groups excluding tert-OH is 1. The van der Waals surface area contributed by atoms with Gasteiger partial charge in [-0.15, -0.1) is 0 Å². The molecule has 288 valence electrons. The van der Waals surface area contributed by atoms with E-state index in [2.05, 4.69) is 5.32 Å². The molecule has 2 atom stereocenters. The maximum Gasteiger partial charge on any atom is 0.225 e. The van der Waals surface area contributed by atoms with E-state index in [1.807, 2.05) is 54.6 Å². The Bertz CT molecular complexity index is 1100. The summed E-state index contributed by atoms with van der Waals surface area (Å²) in [4.78, 5) is 37.1. The summed E-state index contributed by atoms with van der Waals surface area (Å²) in [5.41, 5.74) is 0.858. The first-order valence-electron chi connectivity index (χ1n) is 17.7. The third-order valence-corrected chi connectivity index (χ3v) is 7.42. The minimum atomic E-state index is -0.983. The SMILES string of the molecule is CC(=O)CCOCCOCCOCCOCCOCCOCCOCCOCCNC(=O)CCN1C(=O)CC(c2ccccccccc2)C1O. The number of amides is 2. The van der Waals surface area contributed by atoms with Crippen LogP contribution < -0.4 is 5.32 Å². The monoisotopic (exact) mass is 722 g/mol. The number of aliphatic hydroxyl groups is 1. The second kappa shape index (κ2) is 30.6. The van der Waals surface area contributed by atoms with E-state index < -0.39 is 6.23 Å². The molecule has 1 fully saturated rings. The van der Waals surface area contributed by atoms with Crippen LogP contribution in [0.25, 0.3) is 0 Å². The first kappa shape index (κ1) is 44.1. The van der Waals surface area contributed by atoms with Crippen LogP contribution in [-0.4, -0.2) is 153 Å². The molecule has 1 aromatic rings. The molecule has 0 radical (unpaired) electrons. The molecule has 1 aliphatic heterocycles. The Morgan fingerprint density at radius 2 is 1.02 bits per heavy atom. The molecule has 1 aromatic carbocycles. The first-order valence-corrected chi connectivity index (χ1v) is 17.7. The molecule has 51 heavy (non-hydrogen) atoms. The number of carbonyl (C=O) groups is 3. The summed E-state index contributed by atoms with van der Waals surface area (Å²) in [7, 11) is 0. The van der Waals surface area contributed by atoms with Gasteiger partial charge in [-0.25, -0.2) is 0 Å². The zero-order valence-electron chi connectivity index (χ0n) is 30.1. The van der Waals surface area contributed by atoms with Crippen LogP contribution in [0.5, 0.6) is 0 Å². The second-order valence-electron chi connectivity index (χ2n) is 11.4. The Hall–Kier alpha value is -3.05. The van der Waals surface area contributed by atoms with Gasteiger partial charge >= 0.3 is 0 Å². The predicted molar refractivity (Wildman–Crippen MR) is 189 cm³/mol. The van der Waals surface area contributed by atoms with Crippen molar-refractivity contribution in [3.05, 3.63) is 60.2 Å². The summed E-state index contributed by atoms with van der Waals surface area (Å²) < 4.78 is 43.4. The van der Waals surface area contributed by atoms with Gasteiger partial charge in [-0.3, -0.25) is 14.4 Å². The van der Waals surface area contributed by atoms with Crippen molar-refractivity contribution in [2.24, 2.45) is 0 Å². The highest BCUT2D eigenvalue weighted by Crippen LogP contribution is 2.32. The van der Waals surface area contributed by atoms with Gasteiger partial charge in [0.15, 0.2) is 0 Å². The highest BCUT2D eigenvalue weighted by molar-refractivity contribution is 5.81. The average Bonchev–Trinajstić information content (AvgIpc) is 3.40. The minimum Gasteiger partial charge on any atom is -0.379 e. The fraction of sp³-hybridized carbons (Fsp3) is 0.649. The van der Waals surface area contributed by atoms with Gasteiger partial charge < -0.3 is 53.2 Å². The molecule has 0 spiro atoms. The summed E-state index contributed by atoms with van der Waals surface area (Å²) in [6, 6.07) is 17.1. The Kier molecular flexibility index (Phi) is 26.4. The summed E-state index contributed by atoms with van der Waals surface area (Å²) in [6.45, 7) is 9.18. The van der Waals surface area contributed by atoms with Crippen LogP contribution >= 0.6 is 0 Å². The Morgan fingerprint density at radius 1 is 0.627 bits per heavy atom. The number of ketones is 1. The normalized spacial score (nSPS) is 15.6. The number of likely N-dealkylation sites (tertiary alicyclic amines) is 1. The van der Waals surface area contributed by atoms with Crippen LogP contribution in [0, 0.1) is 0 Å². The Balaban J connectivity index is 1.31. The molecule has 14 nitrogen and oxygen atoms in total. The number of hydrogen-bond acceptors (Lipinski definition) is 12. The lowest BCUT2D eigenvalue weighted by Crippen LogP contribution is -2.38. The molecule has 0 aliphatic carbocycles. The molecule has 1 saturated heterocycles. The summed E-state index contributed by atoms with van der Waals surface area (Å²) in [5.74, 6) is -0.625. The second-order valence-corrected chi connectivity index (χ2v) is 11.4. The number of hydrogen-bond donors (Lipinski definition) is 2. The smallest absolute Gasteiger partial charge is 0.225 e. The summed E-state index contributed by atoms with van der Waals surface area (Å²) >= 11 is 0. The standard InChI is InChI=1S/C37H58N2O12/c1-32(40)12-15-44-17-19-46-21-23-48-25-27-50-29-30-51-28-26-49-24-22-47-20-18-45-16-13-38-35(41)11-14-39-36(42)31-34(37(39)43)33-9-7-5-3-2-4-6-8-10-33/h2-10,34,37,43H,11-31H2,1H3,(H,38,41). The first-order chi connectivity index (χ1) is 25.0. The fourth-order valence-corrected chi connectivity index (χ4v) is 4.71. The quantitative estimate of drug-likeness (QED) is 0.108. The molecule has 0 saturated carbocycles. The summed E-state index contributed by atoms with van der Waals surface area (Å²) in [5, 5.41) is 13.6. The maximum atomic E-state index is 12.6. The van der Waals surface area contributed by atoms with E-state index in [1.165, 1.54) is 4.90 Å². The molecule has 2 unspecified atom stereocenters. The van der Waals surface area contributed by atoms with Crippen molar-refractivity contribution < 1.29 is 57.4 Å². The van der Waals surface area contributed by atoms with Crippen LogP contribution in [0.15, 0.2) is 54.6 Å². The van der Waals surface area contributed by atoms with E-state index in [0.717, 1.165) is 5.56 Å². The van der Waals surface area contributed by atoms with Crippen molar-refractivity contribution in [3.8, 4) is 0 Å². The minimum absolute atomic E-state index is 0.0937. The molecule has 14 heteroatoms. The van der Waals surface area contributed by atoms with Crippen LogP contribution in [-0.2, 0) is 52.3 Å². The molecule has 0 bridgehead atoms. The van der Waals surface area contributed by atoms with Crippen LogP contribution in [0.1, 0.15) is 37.7 Å². The molecule has 2 amide bonds. The van der Waals surface area contributed by atoms with Gasteiger partial charge in [0.05, 0.1) is 106 Å². The van der Waals surface area contributed by atoms with Gasteiger partial charge in [-0.1, -0.05) is 54.6 Å². The van der Waals surface area contributed by atoms with Crippen molar-refractivity contribution in [1.82, 2.24) is 10.2 Å². The lowest BCUT2D eigenvalue weighted by molar-refractivity contribution is -0.134. The number of nitrogens with one attached hydrogen (secondary N) is 1. The molecule has 1 heterocycles. The molecular weight excluding hydrogens is 664 g/mol. The predicted octanol–water partition coefficient (Wildman–Crippen LogP) is 2.06. The highest BCUT2D eigenvalue weighted by atomic mass is 16.6. The molecule has 0 aromatic heterocycles. The van der Waals surface area contributed by atoms with Gasteiger partial charge in [0.1, 0.15) is 12.0 Å². The maximum absolute atomic E-state index is 12.6. The van der Waals surface area contributed by atoms with E-state index in [1.54, 1.807) is 6.92 Å². The lowest BCUT2D eigenvalue weighted by Gasteiger charge is -2.23. The highest BCUT2D eigenvalue weighted by Gasteiger charge is 2.39. The number of nitrogens with zero attached hydrogens (tertiary/aromatic N) is 1. The summed E-state index contributed by atoms with van der Waals surface area (Å²) in [6.07, 6.45) is -0.264. The van der Waals surface area contributed by atoms with Gasteiger partial charge in [0, 0.05) is 38.3 Å². The Morgan fingerprint density at radius 3 is 1.45 bits per heavy atom. The average molecular weight is 723 g/mol. The van der Waals surface area contributed by atoms with Crippen molar-refractivity contribution in [1.29, 1.82) is 0 Å². The lowest BCUT2D eigenvalue weighted by atomic mass is 9.98. The zero-order valence-corrected chi connectivity index (χ0v) is 30.1. The third kappa shape index (κ3) is 23.2. The molecule has 2 N–H and O–H groups in total. The topological polar surface area (TPSA) is 161 Å². The van der Waals surface area contributed by atoms with Crippen LogP contribution in [0.2, 0.25) is 0 Å². The zero-order chi connectivity index (χ0) is 36.6. The van der Waals surface area contributed by atoms with Crippen molar-refractivity contribution in [2.75, 3.05) is 119 Å². The van der Waals surface area contributed by atoms with Crippen molar-refractivity contribution in [3.63, 3.8) is 0 Å². The van der Waals surface area contributed by atoms with E-state index in [-0.39, 0.29) is 42.9 Å². The van der Waals surface area contributed by atoms with Crippen molar-refractivity contribution in [2.45, 2.75) is 38.3 Å². The molecule has 1 aliphatic rings. The van der Waals surface area contributed by atoms with E-state index >= 15 is 0 Å².